The zero-order chi connectivity index (χ0) is 17.5. The largest absolute Gasteiger partial charge is 0.467 e. The zero-order valence-electron chi connectivity index (χ0n) is 13.7. The van der Waals surface area contributed by atoms with E-state index in [1.54, 1.807) is 45.0 Å². The number of hydrogen-bond acceptors (Lipinski definition) is 6. The van der Waals surface area contributed by atoms with Crippen LogP contribution in [0.25, 0.3) is 0 Å². The minimum absolute atomic E-state index is 0. The van der Waals surface area contributed by atoms with Gasteiger partial charge >= 0.3 is 12.1 Å². The first-order chi connectivity index (χ1) is 10.7. The van der Waals surface area contributed by atoms with Crippen molar-refractivity contribution >= 4 is 18.3 Å². The van der Waals surface area contributed by atoms with Crippen molar-refractivity contribution < 1.29 is 24.3 Å². The summed E-state index contributed by atoms with van der Waals surface area (Å²) in [6.45, 7) is 5.21. The van der Waals surface area contributed by atoms with Gasteiger partial charge in [0, 0.05) is 6.42 Å². The van der Waals surface area contributed by atoms with Gasteiger partial charge in [-0.3, -0.25) is 0 Å². The van der Waals surface area contributed by atoms with Gasteiger partial charge in [-0.1, -0.05) is 36.8 Å². The molecule has 7 heteroatoms. The van der Waals surface area contributed by atoms with Gasteiger partial charge in [0.2, 0.25) is 0 Å². The van der Waals surface area contributed by atoms with Crippen molar-refractivity contribution in [3.05, 3.63) is 35.4 Å². The number of rotatable bonds is 5. The van der Waals surface area contributed by atoms with E-state index in [9.17, 15) is 9.59 Å². The fraction of sp³-hybridized carbons (Fsp3) is 0.471. The molecule has 0 aliphatic carbocycles. The first-order valence-corrected chi connectivity index (χ1v) is 7.09. The third kappa shape index (κ3) is 7.62. The first-order valence-electron chi connectivity index (χ1n) is 7.09. The number of hydrogen-bond donors (Lipinski definition) is 2. The molecule has 7 nitrogen and oxygen atoms in total. The average Bonchev–Trinajstić information content (AvgIpc) is 2.46. The average molecular weight is 338 g/mol. The van der Waals surface area contributed by atoms with Crippen molar-refractivity contribution in [1.82, 2.24) is 5.32 Å². The molecule has 24 heavy (non-hydrogen) atoms. The molecule has 0 fully saturated rings. The predicted molar refractivity (Wildman–Crippen MR) is 91.4 cm³/mol. The van der Waals surface area contributed by atoms with Crippen LogP contribution in [0.3, 0.4) is 0 Å². The summed E-state index contributed by atoms with van der Waals surface area (Å²) in [5.41, 5.74) is 0.869. The van der Waals surface area contributed by atoms with Crippen LogP contribution in [-0.2, 0) is 20.7 Å². The lowest BCUT2D eigenvalue weighted by Crippen LogP contribution is -2.45. The molecule has 0 radical (unpaired) electrons. The van der Waals surface area contributed by atoms with Crippen molar-refractivity contribution in [2.45, 2.75) is 46.3 Å². The number of esters is 1. The van der Waals surface area contributed by atoms with Crippen LogP contribution in [0.4, 0.5) is 4.79 Å². The standard InChI is InChI=1S/C16H22N2O5.CH4/c1-16(2,3)23-15(20)18-13(14(19)22-4)9-11-5-7-12(8-6-11)10-17-21;/h5-8,10,13,21H,9H2,1-4H3,(H,18,20);1H4/b17-10+;. The first kappa shape index (κ1) is 21.4. The molecule has 2 N–H and O–H groups in total. The molecule has 0 aliphatic rings. The third-order valence-corrected chi connectivity index (χ3v) is 2.80. The highest BCUT2D eigenvalue weighted by atomic mass is 16.6. The molecular weight excluding hydrogens is 312 g/mol. The van der Waals surface area contributed by atoms with Gasteiger partial charge in [0.1, 0.15) is 11.6 Å². The molecule has 1 aromatic carbocycles. The molecule has 0 aromatic heterocycles. The molecule has 0 spiro atoms. The summed E-state index contributed by atoms with van der Waals surface area (Å²) in [6.07, 6.45) is 0.861. The second kappa shape index (κ2) is 9.54. The van der Waals surface area contributed by atoms with Gasteiger partial charge in [-0.15, -0.1) is 0 Å². The maximum Gasteiger partial charge on any atom is 0.408 e. The lowest BCUT2D eigenvalue weighted by Gasteiger charge is -2.22. The summed E-state index contributed by atoms with van der Waals surface area (Å²) < 4.78 is 9.86. The summed E-state index contributed by atoms with van der Waals surface area (Å²) in [5.74, 6) is -0.558. The molecule has 0 aliphatic heterocycles. The van der Waals surface area contributed by atoms with E-state index >= 15 is 0 Å². The van der Waals surface area contributed by atoms with E-state index in [0.29, 0.717) is 5.56 Å². The number of nitrogens with one attached hydrogen (secondary N) is 1. The molecule has 1 aromatic rings. The number of oxime groups is 1. The predicted octanol–water partition coefficient (Wildman–Crippen LogP) is 2.74. The van der Waals surface area contributed by atoms with Gasteiger partial charge in [0.25, 0.3) is 0 Å². The van der Waals surface area contributed by atoms with Gasteiger partial charge in [-0.25, -0.2) is 9.59 Å². The molecule has 134 valence electrons. The van der Waals surface area contributed by atoms with Crippen molar-refractivity contribution in [2.24, 2.45) is 5.16 Å². The summed E-state index contributed by atoms with van der Waals surface area (Å²) in [6, 6.07) is 6.15. The summed E-state index contributed by atoms with van der Waals surface area (Å²) in [4.78, 5) is 23.7. The van der Waals surface area contributed by atoms with Crippen molar-refractivity contribution in [1.29, 1.82) is 0 Å². The van der Waals surface area contributed by atoms with E-state index in [-0.39, 0.29) is 13.8 Å². The van der Waals surface area contributed by atoms with Crippen LogP contribution in [-0.4, -0.2) is 42.2 Å². The Morgan fingerprint density at radius 2 is 1.88 bits per heavy atom. The maximum absolute atomic E-state index is 11.8. The number of nitrogens with zero attached hydrogens (tertiary/aromatic N) is 1. The van der Waals surface area contributed by atoms with Gasteiger partial charge in [0.05, 0.1) is 13.3 Å². The highest BCUT2D eigenvalue weighted by Crippen LogP contribution is 2.10. The Balaban J connectivity index is 0.00000529. The van der Waals surface area contributed by atoms with Crippen molar-refractivity contribution in [3.63, 3.8) is 0 Å². The fourth-order valence-electron chi connectivity index (χ4n) is 1.83. The Hall–Kier alpha value is -2.57. The monoisotopic (exact) mass is 338 g/mol. The number of benzene rings is 1. The number of amides is 1. The molecule has 1 atom stereocenters. The lowest BCUT2D eigenvalue weighted by molar-refractivity contribution is -0.143. The molecule has 0 saturated heterocycles. The highest BCUT2D eigenvalue weighted by Gasteiger charge is 2.25. The topological polar surface area (TPSA) is 97.2 Å². The minimum Gasteiger partial charge on any atom is -0.467 e. The van der Waals surface area contributed by atoms with E-state index in [0.717, 1.165) is 5.56 Å². The van der Waals surface area contributed by atoms with Crippen LogP contribution in [0, 0.1) is 0 Å². The number of carbonyl (C=O) groups is 2. The molecule has 0 bridgehead atoms. The normalized spacial score (nSPS) is 12.2. The molecule has 0 saturated carbocycles. The Morgan fingerprint density at radius 1 is 1.29 bits per heavy atom. The summed E-state index contributed by atoms with van der Waals surface area (Å²) in [5, 5.41) is 13.9. The minimum atomic E-state index is -0.854. The van der Waals surface area contributed by atoms with E-state index in [1.807, 2.05) is 0 Å². The molecule has 1 unspecified atom stereocenters. The Bertz CT molecular complexity index is 561. The number of alkyl carbamates (subject to hydrolysis) is 1. The summed E-state index contributed by atoms with van der Waals surface area (Å²) in [7, 11) is 1.26. The SMILES string of the molecule is C.COC(=O)C(Cc1ccc(/C=N/O)cc1)NC(=O)OC(C)(C)C. The molecule has 1 rings (SSSR count). The van der Waals surface area contributed by atoms with Crippen LogP contribution < -0.4 is 5.32 Å². The molecule has 0 heterocycles. The van der Waals surface area contributed by atoms with E-state index < -0.39 is 23.7 Å². The van der Waals surface area contributed by atoms with Gasteiger partial charge in [0.15, 0.2) is 0 Å². The lowest BCUT2D eigenvalue weighted by atomic mass is 10.0. The van der Waals surface area contributed by atoms with Crippen molar-refractivity contribution in [2.75, 3.05) is 7.11 Å². The van der Waals surface area contributed by atoms with Crippen LogP contribution in [0.2, 0.25) is 0 Å². The highest BCUT2D eigenvalue weighted by molar-refractivity contribution is 5.82. The number of carbonyl (C=O) groups excluding carboxylic acids is 2. The van der Waals surface area contributed by atoms with Gasteiger partial charge < -0.3 is 20.0 Å². The Morgan fingerprint density at radius 3 is 2.33 bits per heavy atom. The number of methoxy groups -OCH3 is 1. The van der Waals surface area contributed by atoms with Crippen LogP contribution in [0.5, 0.6) is 0 Å². The summed E-state index contributed by atoms with van der Waals surface area (Å²) >= 11 is 0. The van der Waals surface area contributed by atoms with Gasteiger partial charge in [-0.05, 0) is 31.9 Å². The van der Waals surface area contributed by atoms with Gasteiger partial charge in [-0.2, -0.15) is 0 Å². The second-order valence-electron chi connectivity index (χ2n) is 5.91. The zero-order valence-corrected chi connectivity index (χ0v) is 13.7. The number of ether oxygens (including phenoxy) is 2. The fourth-order valence-corrected chi connectivity index (χ4v) is 1.83. The van der Waals surface area contributed by atoms with E-state index in [1.165, 1.54) is 13.3 Å². The van der Waals surface area contributed by atoms with E-state index in [2.05, 4.69) is 10.5 Å². The van der Waals surface area contributed by atoms with Crippen molar-refractivity contribution in [3.8, 4) is 0 Å². The second-order valence-corrected chi connectivity index (χ2v) is 5.91. The smallest absolute Gasteiger partial charge is 0.408 e. The quantitative estimate of drug-likeness (QED) is 0.372. The third-order valence-electron chi connectivity index (χ3n) is 2.80. The molecule has 1 amide bonds. The Kier molecular flexibility index (Phi) is 8.52. The van der Waals surface area contributed by atoms with E-state index in [4.69, 9.17) is 14.7 Å². The van der Waals surface area contributed by atoms with Crippen LogP contribution in [0.15, 0.2) is 29.4 Å². The van der Waals surface area contributed by atoms with Crippen LogP contribution >= 0.6 is 0 Å². The maximum atomic E-state index is 11.8. The Labute approximate surface area is 142 Å². The van der Waals surface area contributed by atoms with Crippen LogP contribution in [0.1, 0.15) is 39.3 Å². The molecular formula is C17H26N2O5.